The van der Waals surface area contributed by atoms with Gasteiger partial charge < -0.3 is 0 Å². The fourth-order valence-electron chi connectivity index (χ4n) is 4.13. The van der Waals surface area contributed by atoms with Gasteiger partial charge in [0.15, 0.2) is 0 Å². The molecule has 0 bridgehead atoms. The van der Waals surface area contributed by atoms with E-state index in [-0.39, 0.29) is 23.3 Å². The van der Waals surface area contributed by atoms with Gasteiger partial charge in [0.2, 0.25) is 0 Å². The SMILES string of the molecule is C=Cc1ccc(CCc2ccc(-c3cc(F)c(-c4cc(F)c(/C=C/C(F)(F)F)c(F)c4)c(F)c3)c(F)c2)cc1. The first kappa shape index (κ1) is 27.8. The summed E-state index contributed by atoms with van der Waals surface area (Å²) in [6, 6.07) is 14.7. The Hall–Kier alpha value is -4.20. The maximum Gasteiger partial charge on any atom is 0.409 e. The third kappa shape index (κ3) is 6.63. The number of halogens is 8. The third-order valence-corrected chi connectivity index (χ3v) is 6.11. The molecule has 0 spiro atoms. The molecule has 0 heterocycles. The van der Waals surface area contributed by atoms with Gasteiger partial charge in [0, 0.05) is 17.2 Å². The summed E-state index contributed by atoms with van der Waals surface area (Å²) in [5.41, 5.74) is 0.103. The van der Waals surface area contributed by atoms with Crippen LogP contribution >= 0.6 is 0 Å². The second kappa shape index (κ2) is 11.3. The van der Waals surface area contributed by atoms with Crippen molar-refractivity contribution in [3.8, 4) is 22.3 Å². The molecule has 0 unspecified atom stereocenters. The Morgan fingerprint density at radius 2 is 1.15 bits per heavy atom. The van der Waals surface area contributed by atoms with E-state index >= 15 is 0 Å². The quantitative estimate of drug-likeness (QED) is 0.203. The van der Waals surface area contributed by atoms with Crippen LogP contribution in [0.3, 0.4) is 0 Å². The lowest BCUT2D eigenvalue weighted by atomic mass is 9.96. The van der Waals surface area contributed by atoms with Crippen LogP contribution in [0.15, 0.2) is 79.4 Å². The summed E-state index contributed by atoms with van der Waals surface area (Å²) in [4.78, 5) is 0. The van der Waals surface area contributed by atoms with Crippen molar-refractivity contribution in [1.82, 2.24) is 0 Å². The van der Waals surface area contributed by atoms with E-state index in [1.807, 2.05) is 24.3 Å². The van der Waals surface area contributed by atoms with Gasteiger partial charge in [-0.1, -0.05) is 49.1 Å². The molecule has 0 nitrogen and oxygen atoms in total. The van der Waals surface area contributed by atoms with Crippen molar-refractivity contribution >= 4 is 12.2 Å². The average molecular weight is 544 g/mol. The summed E-state index contributed by atoms with van der Waals surface area (Å²) in [5.74, 6) is -6.04. The lowest BCUT2D eigenvalue weighted by molar-refractivity contribution is -0.0790. The van der Waals surface area contributed by atoms with Crippen LogP contribution in [0, 0.1) is 29.1 Å². The fourth-order valence-corrected chi connectivity index (χ4v) is 4.13. The van der Waals surface area contributed by atoms with Crippen molar-refractivity contribution in [2.75, 3.05) is 0 Å². The summed E-state index contributed by atoms with van der Waals surface area (Å²) >= 11 is 0. The van der Waals surface area contributed by atoms with Gasteiger partial charge in [-0.3, -0.25) is 0 Å². The van der Waals surface area contributed by atoms with E-state index in [1.165, 1.54) is 12.1 Å². The van der Waals surface area contributed by atoms with Gasteiger partial charge in [-0.15, -0.1) is 0 Å². The minimum atomic E-state index is -4.81. The Balaban J connectivity index is 1.58. The van der Waals surface area contributed by atoms with Crippen molar-refractivity contribution in [2.24, 2.45) is 0 Å². The van der Waals surface area contributed by atoms with Gasteiger partial charge >= 0.3 is 6.18 Å². The number of hydrogen-bond donors (Lipinski definition) is 0. The zero-order valence-corrected chi connectivity index (χ0v) is 20.2. The highest BCUT2D eigenvalue weighted by Crippen LogP contribution is 2.34. The summed E-state index contributed by atoms with van der Waals surface area (Å²) in [7, 11) is 0. The molecule has 4 aromatic rings. The molecule has 8 heteroatoms. The van der Waals surface area contributed by atoms with E-state index in [0.717, 1.165) is 23.3 Å². The normalized spacial score (nSPS) is 11.8. The Morgan fingerprint density at radius 3 is 1.69 bits per heavy atom. The van der Waals surface area contributed by atoms with Gasteiger partial charge in [0.05, 0.1) is 5.56 Å². The minimum absolute atomic E-state index is 0.0802. The molecular formula is C31H20F8. The molecule has 0 saturated heterocycles. The van der Waals surface area contributed by atoms with E-state index in [0.29, 0.717) is 30.5 Å². The fraction of sp³-hybridized carbons (Fsp3) is 0.0968. The highest BCUT2D eigenvalue weighted by molar-refractivity contribution is 5.73. The number of allylic oxidation sites excluding steroid dienone is 1. The van der Waals surface area contributed by atoms with Gasteiger partial charge in [0.25, 0.3) is 0 Å². The zero-order valence-electron chi connectivity index (χ0n) is 20.2. The summed E-state index contributed by atoms with van der Waals surface area (Å²) in [5, 5.41) is 0. The topological polar surface area (TPSA) is 0 Å². The van der Waals surface area contributed by atoms with E-state index in [1.54, 1.807) is 12.1 Å². The van der Waals surface area contributed by atoms with Crippen molar-refractivity contribution in [1.29, 1.82) is 0 Å². The summed E-state index contributed by atoms with van der Waals surface area (Å²) < 4.78 is 111. The number of hydrogen-bond acceptors (Lipinski definition) is 0. The largest absolute Gasteiger partial charge is 0.409 e. The molecule has 4 rings (SSSR count). The standard InChI is InChI=1S/C31H20F8/c1-2-18-3-5-19(6-4-18)7-8-20-9-10-23(25(32)13-20)21-14-28(35)30(29(36)15-21)22-16-26(33)24(27(34)17-22)11-12-31(37,38)39/h2-6,9-17H,1,7-8H2/b12-11+. The Morgan fingerprint density at radius 1 is 0.615 bits per heavy atom. The molecule has 0 aliphatic carbocycles. The van der Waals surface area contributed by atoms with Crippen LogP contribution in [0.5, 0.6) is 0 Å². The Bertz CT molecular complexity index is 1500. The van der Waals surface area contributed by atoms with Gasteiger partial charge in [0.1, 0.15) is 29.1 Å². The average Bonchev–Trinajstić information content (AvgIpc) is 2.86. The smallest absolute Gasteiger partial charge is 0.206 e. The predicted molar refractivity (Wildman–Crippen MR) is 136 cm³/mol. The predicted octanol–water partition coefficient (Wildman–Crippen LogP) is 9.72. The Kier molecular flexibility index (Phi) is 8.04. The van der Waals surface area contributed by atoms with Crippen LogP contribution in [0.2, 0.25) is 0 Å². The summed E-state index contributed by atoms with van der Waals surface area (Å²) in [6.45, 7) is 3.70. The molecule has 0 aromatic heterocycles. The molecule has 0 aliphatic heterocycles. The Labute approximate surface area is 219 Å². The first-order valence-corrected chi connectivity index (χ1v) is 11.7. The van der Waals surface area contributed by atoms with Crippen molar-refractivity contribution < 1.29 is 35.1 Å². The number of benzene rings is 4. The number of aryl methyl sites for hydroxylation is 2. The van der Waals surface area contributed by atoms with Crippen LogP contribution in [0.25, 0.3) is 34.4 Å². The van der Waals surface area contributed by atoms with Crippen LogP contribution in [0.1, 0.15) is 22.3 Å². The molecule has 0 atom stereocenters. The second-order valence-corrected chi connectivity index (χ2v) is 8.80. The third-order valence-electron chi connectivity index (χ3n) is 6.11. The van der Waals surface area contributed by atoms with E-state index < -0.39 is 52.0 Å². The minimum Gasteiger partial charge on any atom is -0.206 e. The van der Waals surface area contributed by atoms with Crippen LogP contribution in [-0.4, -0.2) is 6.18 Å². The molecular weight excluding hydrogens is 524 g/mol. The molecule has 0 saturated carbocycles. The van der Waals surface area contributed by atoms with Gasteiger partial charge in [-0.2, -0.15) is 13.2 Å². The van der Waals surface area contributed by atoms with Crippen LogP contribution in [-0.2, 0) is 12.8 Å². The molecule has 200 valence electrons. The second-order valence-electron chi connectivity index (χ2n) is 8.80. The first-order valence-electron chi connectivity index (χ1n) is 11.7. The maximum absolute atomic E-state index is 14.9. The van der Waals surface area contributed by atoms with Crippen molar-refractivity contribution in [3.05, 3.63) is 131 Å². The zero-order chi connectivity index (χ0) is 28.3. The van der Waals surface area contributed by atoms with E-state index in [4.69, 9.17) is 0 Å². The molecule has 0 radical (unpaired) electrons. The molecule has 0 N–H and O–H groups in total. The monoisotopic (exact) mass is 544 g/mol. The van der Waals surface area contributed by atoms with E-state index in [9.17, 15) is 35.1 Å². The lowest BCUT2D eigenvalue weighted by Crippen LogP contribution is -2.01. The molecule has 0 fully saturated rings. The first-order chi connectivity index (χ1) is 18.4. The van der Waals surface area contributed by atoms with Gasteiger partial charge in [-0.25, -0.2) is 22.0 Å². The lowest BCUT2D eigenvalue weighted by Gasteiger charge is -2.12. The number of rotatable bonds is 7. The van der Waals surface area contributed by atoms with Crippen LogP contribution < -0.4 is 0 Å². The molecule has 39 heavy (non-hydrogen) atoms. The number of alkyl halides is 3. The molecule has 0 aliphatic rings. The van der Waals surface area contributed by atoms with Gasteiger partial charge in [-0.05, 0) is 77.1 Å². The summed E-state index contributed by atoms with van der Waals surface area (Å²) in [6.07, 6.45) is -2.08. The van der Waals surface area contributed by atoms with E-state index in [2.05, 4.69) is 6.58 Å². The van der Waals surface area contributed by atoms with Crippen LogP contribution in [0.4, 0.5) is 35.1 Å². The molecule has 0 amide bonds. The highest BCUT2D eigenvalue weighted by atomic mass is 19.4. The molecule has 4 aromatic carbocycles. The van der Waals surface area contributed by atoms with Crippen molar-refractivity contribution in [3.63, 3.8) is 0 Å². The van der Waals surface area contributed by atoms with Crippen molar-refractivity contribution in [2.45, 2.75) is 19.0 Å². The highest BCUT2D eigenvalue weighted by Gasteiger charge is 2.24. The maximum atomic E-state index is 14.9.